The number of rotatable bonds is 7. The molecule has 1 aromatic rings. The van der Waals surface area contributed by atoms with Crippen molar-refractivity contribution in [3.63, 3.8) is 0 Å². The summed E-state index contributed by atoms with van der Waals surface area (Å²) >= 11 is 0. The van der Waals surface area contributed by atoms with Gasteiger partial charge in [-0.25, -0.2) is 0 Å². The standard InChI is InChI=1S/C14H22N2O3/c1-5-19-14(2,3)13(17)16-12(10-18-4)11-8-6-7-9-15-11/h6-9,12H,5,10H2,1-4H3,(H,16,17). The molecule has 5 nitrogen and oxygen atoms in total. The molecule has 0 aromatic carbocycles. The topological polar surface area (TPSA) is 60.5 Å². The maximum Gasteiger partial charge on any atom is 0.252 e. The highest BCUT2D eigenvalue weighted by atomic mass is 16.5. The third-order valence-electron chi connectivity index (χ3n) is 2.74. The van der Waals surface area contributed by atoms with E-state index in [0.29, 0.717) is 13.2 Å². The van der Waals surface area contributed by atoms with E-state index in [1.54, 1.807) is 27.2 Å². The van der Waals surface area contributed by atoms with E-state index in [0.717, 1.165) is 5.69 Å². The zero-order chi connectivity index (χ0) is 14.3. The number of nitrogens with zero attached hydrogens (tertiary/aromatic N) is 1. The number of methoxy groups -OCH3 is 1. The van der Waals surface area contributed by atoms with Crippen molar-refractivity contribution in [1.82, 2.24) is 10.3 Å². The Labute approximate surface area is 114 Å². The van der Waals surface area contributed by atoms with Crippen LogP contribution in [0.3, 0.4) is 0 Å². The van der Waals surface area contributed by atoms with Crippen LogP contribution in [0.25, 0.3) is 0 Å². The largest absolute Gasteiger partial charge is 0.382 e. The maximum absolute atomic E-state index is 12.2. The molecule has 1 N–H and O–H groups in total. The van der Waals surface area contributed by atoms with Crippen molar-refractivity contribution >= 4 is 5.91 Å². The van der Waals surface area contributed by atoms with Crippen molar-refractivity contribution in [2.75, 3.05) is 20.3 Å². The number of ether oxygens (including phenoxy) is 2. The van der Waals surface area contributed by atoms with Gasteiger partial charge in [0.1, 0.15) is 5.60 Å². The fourth-order valence-electron chi connectivity index (χ4n) is 1.71. The van der Waals surface area contributed by atoms with E-state index < -0.39 is 5.60 Å². The summed E-state index contributed by atoms with van der Waals surface area (Å²) in [5, 5.41) is 2.91. The van der Waals surface area contributed by atoms with Gasteiger partial charge < -0.3 is 14.8 Å². The Morgan fingerprint density at radius 3 is 2.74 bits per heavy atom. The zero-order valence-corrected chi connectivity index (χ0v) is 12.0. The summed E-state index contributed by atoms with van der Waals surface area (Å²) in [5.41, 5.74) is -0.0970. The van der Waals surface area contributed by atoms with Crippen molar-refractivity contribution in [2.45, 2.75) is 32.4 Å². The maximum atomic E-state index is 12.2. The average molecular weight is 266 g/mol. The molecule has 0 bridgehead atoms. The van der Waals surface area contributed by atoms with E-state index in [2.05, 4.69) is 10.3 Å². The van der Waals surface area contributed by atoms with Crippen LogP contribution in [0, 0.1) is 0 Å². The first-order valence-corrected chi connectivity index (χ1v) is 6.36. The van der Waals surface area contributed by atoms with Gasteiger partial charge in [0.15, 0.2) is 0 Å². The third kappa shape index (κ3) is 4.61. The van der Waals surface area contributed by atoms with Crippen molar-refractivity contribution in [1.29, 1.82) is 0 Å². The summed E-state index contributed by atoms with van der Waals surface area (Å²) in [7, 11) is 1.59. The molecule has 19 heavy (non-hydrogen) atoms. The number of aromatic nitrogens is 1. The molecular weight excluding hydrogens is 244 g/mol. The van der Waals surface area contributed by atoms with E-state index in [1.807, 2.05) is 25.1 Å². The molecule has 1 atom stereocenters. The summed E-state index contributed by atoms with van der Waals surface area (Å²) in [5.74, 6) is -0.179. The number of pyridine rings is 1. The van der Waals surface area contributed by atoms with Gasteiger partial charge in [-0.05, 0) is 32.9 Å². The Morgan fingerprint density at radius 1 is 1.47 bits per heavy atom. The summed E-state index contributed by atoms with van der Waals surface area (Å²) in [6, 6.07) is 5.29. The van der Waals surface area contributed by atoms with Gasteiger partial charge in [0.25, 0.3) is 5.91 Å². The minimum atomic E-state index is -0.866. The molecule has 1 unspecified atom stereocenters. The normalized spacial score (nSPS) is 13.1. The molecule has 1 aromatic heterocycles. The van der Waals surface area contributed by atoms with E-state index in [1.165, 1.54) is 0 Å². The molecule has 106 valence electrons. The lowest BCUT2D eigenvalue weighted by atomic mass is 10.1. The minimum Gasteiger partial charge on any atom is -0.382 e. The number of hydrogen-bond donors (Lipinski definition) is 1. The highest BCUT2D eigenvalue weighted by Crippen LogP contribution is 2.14. The van der Waals surface area contributed by atoms with E-state index in [-0.39, 0.29) is 11.9 Å². The lowest BCUT2D eigenvalue weighted by Gasteiger charge is -2.26. The molecular formula is C14H22N2O3. The first-order valence-electron chi connectivity index (χ1n) is 6.36. The summed E-state index contributed by atoms with van der Waals surface area (Å²) in [4.78, 5) is 16.4. The predicted molar refractivity (Wildman–Crippen MR) is 72.7 cm³/mol. The number of amides is 1. The second-order valence-electron chi connectivity index (χ2n) is 4.68. The number of carbonyl (C=O) groups excluding carboxylic acids is 1. The SMILES string of the molecule is CCOC(C)(C)C(=O)NC(COC)c1ccccn1. The molecule has 0 saturated heterocycles. The van der Waals surface area contributed by atoms with Gasteiger partial charge in [-0.15, -0.1) is 0 Å². The smallest absolute Gasteiger partial charge is 0.252 e. The molecule has 0 fully saturated rings. The first-order chi connectivity index (χ1) is 9.01. The highest BCUT2D eigenvalue weighted by molar-refractivity contribution is 5.84. The van der Waals surface area contributed by atoms with Gasteiger partial charge in [-0.1, -0.05) is 6.07 Å². The van der Waals surface area contributed by atoms with Crippen LogP contribution in [-0.4, -0.2) is 36.8 Å². The molecule has 1 rings (SSSR count). The summed E-state index contributed by atoms with van der Waals surface area (Å²) in [6.07, 6.45) is 1.69. The van der Waals surface area contributed by atoms with E-state index in [9.17, 15) is 4.79 Å². The second kappa shape index (κ2) is 7.21. The van der Waals surface area contributed by atoms with Crippen LogP contribution in [0.2, 0.25) is 0 Å². The van der Waals surface area contributed by atoms with Gasteiger partial charge in [-0.2, -0.15) is 0 Å². The highest BCUT2D eigenvalue weighted by Gasteiger charge is 2.30. The van der Waals surface area contributed by atoms with Crippen molar-refractivity contribution in [3.05, 3.63) is 30.1 Å². The summed E-state index contributed by atoms with van der Waals surface area (Å²) < 4.78 is 10.6. The fraction of sp³-hybridized carbons (Fsp3) is 0.571. The Morgan fingerprint density at radius 2 is 2.21 bits per heavy atom. The molecule has 0 aliphatic carbocycles. The lowest BCUT2D eigenvalue weighted by molar-refractivity contribution is -0.143. The molecule has 0 aliphatic rings. The van der Waals surface area contributed by atoms with Crippen molar-refractivity contribution < 1.29 is 14.3 Å². The molecule has 0 radical (unpaired) electrons. The number of nitrogens with one attached hydrogen (secondary N) is 1. The molecule has 0 saturated carbocycles. The van der Waals surface area contributed by atoms with Gasteiger partial charge in [0.2, 0.25) is 0 Å². The van der Waals surface area contributed by atoms with Crippen LogP contribution in [0.15, 0.2) is 24.4 Å². The molecule has 5 heteroatoms. The Kier molecular flexibility index (Phi) is 5.92. The summed E-state index contributed by atoms with van der Waals surface area (Å²) in [6.45, 7) is 6.20. The van der Waals surface area contributed by atoms with Crippen LogP contribution in [0.5, 0.6) is 0 Å². The minimum absolute atomic E-state index is 0.179. The van der Waals surface area contributed by atoms with Gasteiger partial charge in [0, 0.05) is 19.9 Å². The lowest BCUT2D eigenvalue weighted by Crippen LogP contribution is -2.46. The second-order valence-corrected chi connectivity index (χ2v) is 4.68. The third-order valence-corrected chi connectivity index (χ3v) is 2.74. The van der Waals surface area contributed by atoms with Gasteiger partial charge in [0.05, 0.1) is 18.3 Å². The van der Waals surface area contributed by atoms with Crippen LogP contribution < -0.4 is 5.32 Å². The quantitative estimate of drug-likeness (QED) is 0.816. The Hall–Kier alpha value is -1.46. The van der Waals surface area contributed by atoms with E-state index >= 15 is 0 Å². The number of carbonyl (C=O) groups is 1. The predicted octanol–water partition coefficient (Wildman–Crippen LogP) is 1.70. The monoisotopic (exact) mass is 266 g/mol. The molecule has 1 amide bonds. The molecule has 0 spiro atoms. The van der Waals surface area contributed by atoms with Crippen molar-refractivity contribution in [3.8, 4) is 0 Å². The van der Waals surface area contributed by atoms with Crippen LogP contribution in [-0.2, 0) is 14.3 Å². The van der Waals surface area contributed by atoms with Crippen LogP contribution >= 0.6 is 0 Å². The molecule has 1 heterocycles. The van der Waals surface area contributed by atoms with Crippen LogP contribution in [0.1, 0.15) is 32.5 Å². The fourth-order valence-corrected chi connectivity index (χ4v) is 1.71. The Balaban J connectivity index is 2.77. The Bertz CT molecular complexity index is 393. The van der Waals surface area contributed by atoms with Crippen LogP contribution in [0.4, 0.5) is 0 Å². The van der Waals surface area contributed by atoms with Gasteiger partial charge in [-0.3, -0.25) is 9.78 Å². The van der Waals surface area contributed by atoms with Gasteiger partial charge >= 0.3 is 0 Å². The number of hydrogen-bond acceptors (Lipinski definition) is 4. The first kappa shape index (κ1) is 15.6. The zero-order valence-electron chi connectivity index (χ0n) is 12.0. The molecule has 0 aliphatic heterocycles. The van der Waals surface area contributed by atoms with E-state index in [4.69, 9.17) is 9.47 Å². The average Bonchev–Trinajstić information content (AvgIpc) is 2.39. The van der Waals surface area contributed by atoms with Crippen molar-refractivity contribution in [2.24, 2.45) is 0 Å².